The van der Waals surface area contributed by atoms with Crippen molar-refractivity contribution in [2.75, 3.05) is 59.5 Å². The summed E-state index contributed by atoms with van der Waals surface area (Å²) in [7, 11) is 1.41. The first-order chi connectivity index (χ1) is 14.4. The highest BCUT2D eigenvalue weighted by Crippen LogP contribution is 2.26. The maximum atomic E-state index is 12.5. The third kappa shape index (κ3) is 5.54. The molecular formula is C20H36N6O4. The normalized spacial score (nSPS) is 26.7. The number of nitrogens with two attached hydrogens (primary N) is 1. The van der Waals surface area contributed by atoms with Crippen LogP contribution in [0.4, 0.5) is 4.79 Å². The fraction of sp³-hybridized carbons (Fsp3) is 0.850. The minimum Gasteiger partial charge on any atom is -0.469 e. The summed E-state index contributed by atoms with van der Waals surface area (Å²) in [5.74, 6) is 0.523. The number of cyclic esters (lactones) is 1. The molecule has 3 aliphatic rings. The highest BCUT2D eigenvalue weighted by Gasteiger charge is 2.42. The Morgan fingerprint density at radius 1 is 1.17 bits per heavy atom. The molecule has 10 heteroatoms. The number of hydrogen-bond acceptors (Lipinski definition) is 7. The molecule has 0 saturated carbocycles. The number of carbonyl (C=O) groups excluding carboxylic acids is 2. The van der Waals surface area contributed by atoms with Crippen LogP contribution >= 0.6 is 0 Å². The first kappa shape index (κ1) is 22.6. The summed E-state index contributed by atoms with van der Waals surface area (Å²) in [5.41, 5.74) is 5.57. The number of piperidine rings is 1. The first-order valence-electron chi connectivity index (χ1n) is 11.0. The van der Waals surface area contributed by atoms with E-state index in [1.807, 2.05) is 9.80 Å². The molecule has 3 aliphatic heterocycles. The van der Waals surface area contributed by atoms with Gasteiger partial charge in [-0.05, 0) is 32.1 Å². The number of nitrogens with one attached hydrogen (secondary N) is 1. The summed E-state index contributed by atoms with van der Waals surface area (Å²) >= 11 is 0. The zero-order valence-electron chi connectivity index (χ0n) is 18.2. The number of methoxy groups -OCH3 is 1. The number of piperazine rings is 1. The van der Waals surface area contributed by atoms with E-state index < -0.39 is 0 Å². The minimum atomic E-state index is -0.221. The lowest BCUT2D eigenvalue weighted by atomic mass is 9.93. The van der Waals surface area contributed by atoms with Gasteiger partial charge in [0.15, 0.2) is 12.2 Å². The Morgan fingerprint density at radius 3 is 2.43 bits per heavy atom. The highest BCUT2D eigenvalue weighted by molar-refractivity contribution is 5.74. The van der Waals surface area contributed by atoms with E-state index in [1.54, 1.807) is 0 Å². The summed E-state index contributed by atoms with van der Waals surface area (Å²) in [5, 5.41) is 7.53. The number of likely N-dealkylation sites (tertiary alicyclic amines) is 1. The van der Waals surface area contributed by atoms with Crippen molar-refractivity contribution in [3.05, 3.63) is 0 Å². The quantitative estimate of drug-likeness (QED) is 0.341. The van der Waals surface area contributed by atoms with Gasteiger partial charge in [-0.3, -0.25) is 15.1 Å². The fourth-order valence-electron chi connectivity index (χ4n) is 4.64. The van der Waals surface area contributed by atoms with Gasteiger partial charge in [-0.1, -0.05) is 0 Å². The third-order valence-electron chi connectivity index (χ3n) is 6.72. The second-order valence-corrected chi connectivity index (χ2v) is 8.52. The van der Waals surface area contributed by atoms with Gasteiger partial charge in [0.05, 0.1) is 19.6 Å². The Morgan fingerprint density at radius 2 is 1.83 bits per heavy atom. The Bertz CT molecular complexity index is 616. The molecule has 30 heavy (non-hydrogen) atoms. The predicted octanol–water partition coefficient (Wildman–Crippen LogP) is 0.329. The lowest BCUT2D eigenvalue weighted by molar-refractivity contribution is -0.141. The van der Waals surface area contributed by atoms with Gasteiger partial charge in [-0.25, -0.2) is 4.79 Å². The van der Waals surface area contributed by atoms with Crippen molar-refractivity contribution in [3.8, 4) is 0 Å². The second kappa shape index (κ2) is 10.3. The molecule has 10 nitrogen and oxygen atoms in total. The van der Waals surface area contributed by atoms with E-state index >= 15 is 0 Å². The van der Waals surface area contributed by atoms with Crippen LogP contribution in [-0.2, 0) is 14.3 Å². The zero-order chi connectivity index (χ0) is 21.7. The Labute approximate surface area is 178 Å². The summed E-state index contributed by atoms with van der Waals surface area (Å²) in [4.78, 5) is 32.1. The summed E-state index contributed by atoms with van der Waals surface area (Å²) in [6.07, 6.45) is 2.95. The molecule has 170 valence electrons. The van der Waals surface area contributed by atoms with Crippen LogP contribution in [0.5, 0.6) is 0 Å². The first-order valence-corrected chi connectivity index (χ1v) is 11.0. The van der Waals surface area contributed by atoms with Gasteiger partial charge in [-0.15, -0.1) is 0 Å². The van der Waals surface area contributed by atoms with Gasteiger partial charge in [0.25, 0.3) is 0 Å². The molecule has 0 aromatic carbocycles. The van der Waals surface area contributed by atoms with Crippen molar-refractivity contribution >= 4 is 18.0 Å². The molecule has 0 aromatic rings. The van der Waals surface area contributed by atoms with Crippen LogP contribution in [-0.4, -0.2) is 109 Å². The van der Waals surface area contributed by atoms with Crippen LogP contribution in [0, 0.1) is 11.3 Å². The number of nitrogens with zero attached hydrogens (tertiary/aromatic N) is 4. The van der Waals surface area contributed by atoms with E-state index in [1.165, 1.54) is 7.11 Å². The van der Waals surface area contributed by atoms with E-state index in [9.17, 15) is 9.59 Å². The van der Waals surface area contributed by atoms with Crippen molar-refractivity contribution in [2.24, 2.45) is 11.7 Å². The molecule has 2 atom stereocenters. The Balaban J connectivity index is 1.41. The van der Waals surface area contributed by atoms with Crippen molar-refractivity contribution in [1.82, 2.24) is 19.6 Å². The topological polar surface area (TPSA) is 115 Å². The molecule has 0 radical (unpaired) electrons. The maximum absolute atomic E-state index is 12.5. The van der Waals surface area contributed by atoms with Crippen LogP contribution in [0.3, 0.4) is 0 Å². The van der Waals surface area contributed by atoms with E-state index in [2.05, 4.69) is 16.7 Å². The fourth-order valence-corrected chi connectivity index (χ4v) is 4.64. The van der Waals surface area contributed by atoms with Crippen LogP contribution in [0.15, 0.2) is 0 Å². The minimum absolute atomic E-state index is 0.0245. The SMILES string of the molecule is COC(=O)CCN1CCN(C2OC(=O)N(CCC3CCN(C(=N)N)CC3)C2C)CC1. The van der Waals surface area contributed by atoms with E-state index in [0.717, 1.165) is 58.5 Å². The zero-order valence-corrected chi connectivity index (χ0v) is 18.2. The van der Waals surface area contributed by atoms with Crippen molar-refractivity contribution in [2.45, 2.75) is 44.9 Å². The van der Waals surface area contributed by atoms with Gasteiger partial charge >= 0.3 is 12.1 Å². The van der Waals surface area contributed by atoms with Gasteiger partial charge < -0.3 is 29.9 Å². The molecular weight excluding hydrogens is 388 g/mol. The molecule has 0 bridgehead atoms. The third-order valence-corrected chi connectivity index (χ3v) is 6.72. The monoisotopic (exact) mass is 424 g/mol. The second-order valence-electron chi connectivity index (χ2n) is 8.52. The van der Waals surface area contributed by atoms with Gasteiger partial charge in [0, 0.05) is 52.4 Å². The molecule has 3 rings (SSSR count). The number of esters is 1. The molecule has 0 aliphatic carbocycles. The maximum Gasteiger partial charge on any atom is 0.411 e. The molecule has 1 amide bonds. The molecule has 0 aromatic heterocycles. The van der Waals surface area contributed by atoms with Gasteiger partial charge in [0.1, 0.15) is 0 Å². The molecule has 3 N–H and O–H groups in total. The van der Waals surface area contributed by atoms with E-state index in [-0.39, 0.29) is 30.3 Å². The molecule has 3 saturated heterocycles. The van der Waals surface area contributed by atoms with Crippen LogP contribution in [0.1, 0.15) is 32.6 Å². The molecule has 3 fully saturated rings. The average Bonchev–Trinajstić information content (AvgIpc) is 3.04. The lowest BCUT2D eigenvalue weighted by Crippen LogP contribution is -2.53. The summed E-state index contributed by atoms with van der Waals surface area (Å²) in [6, 6.07) is 0.0245. The smallest absolute Gasteiger partial charge is 0.411 e. The predicted molar refractivity (Wildman–Crippen MR) is 112 cm³/mol. The summed E-state index contributed by atoms with van der Waals surface area (Å²) in [6.45, 7) is 8.47. The summed E-state index contributed by atoms with van der Waals surface area (Å²) < 4.78 is 10.4. The number of guanidine groups is 1. The number of ether oxygens (including phenoxy) is 2. The van der Waals surface area contributed by atoms with E-state index in [0.29, 0.717) is 25.4 Å². The average molecular weight is 425 g/mol. The van der Waals surface area contributed by atoms with Crippen molar-refractivity contribution < 1.29 is 19.1 Å². The standard InChI is InChI=1S/C20H36N6O4/c1-15-18(24-13-11-23(12-14-24)7-6-17(27)29-2)30-20(28)26(15)10-5-16-3-8-25(9-4-16)19(21)22/h15-16,18H,3-14H2,1-2H3,(H3,21,22). The van der Waals surface area contributed by atoms with Crippen molar-refractivity contribution in [1.29, 1.82) is 5.41 Å². The number of rotatable bonds is 7. The lowest BCUT2D eigenvalue weighted by Gasteiger charge is -2.38. The molecule has 3 heterocycles. The molecule has 0 spiro atoms. The van der Waals surface area contributed by atoms with Crippen LogP contribution in [0.25, 0.3) is 0 Å². The van der Waals surface area contributed by atoms with E-state index in [4.69, 9.17) is 20.6 Å². The van der Waals surface area contributed by atoms with Crippen LogP contribution in [0.2, 0.25) is 0 Å². The number of carbonyl (C=O) groups is 2. The Kier molecular flexibility index (Phi) is 7.76. The van der Waals surface area contributed by atoms with Crippen LogP contribution < -0.4 is 5.73 Å². The van der Waals surface area contributed by atoms with Gasteiger partial charge in [0.2, 0.25) is 0 Å². The Hall–Kier alpha value is -2.07. The van der Waals surface area contributed by atoms with Crippen molar-refractivity contribution in [3.63, 3.8) is 0 Å². The highest BCUT2D eigenvalue weighted by atomic mass is 16.6. The number of hydrogen-bond donors (Lipinski definition) is 2. The van der Waals surface area contributed by atoms with Gasteiger partial charge in [-0.2, -0.15) is 0 Å². The number of amides is 1. The largest absolute Gasteiger partial charge is 0.469 e. The molecule has 2 unspecified atom stereocenters.